The van der Waals surface area contributed by atoms with Gasteiger partial charge in [0.2, 0.25) is 5.78 Å². The molecule has 3 aromatic rings. The smallest absolute Gasteiger partial charge is 0.238 e. The number of benzene rings is 1. The molecule has 0 amide bonds. The first kappa shape index (κ1) is 11.6. The molecule has 0 fully saturated rings. The number of carbonyl (C=O) groups excluding carboxylic acids is 1. The first-order valence-corrected chi connectivity index (χ1v) is 6.78. The molecule has 0 radical (unpaired) electrons. The van der Waals surface area contributed by atoms with Gasteiger partial charge in [0.1, 0.15) is 11.4 Å². The number of thiophene rings is 1. The SMILES string of the molecule is O=C(c1cc2cc(F)ccc2o1)c1cc(Br)cs1. The zero-order valence-corrected chi connectivity index (χ0v) is 11.3. The van der Waals surface area contributed by atoms with E-state index in [2.05, 4.69) is 15.9 Å². The van der Waals surface area contributed by atoms with E-state index in [4.69, 9.17) is 4.42 Å². The molecule has 0 aliphatic heterocycles. The zero-order valence-electron chi connectivity index (χ0n) is 8.94. The summed E-state index contributed by atoms with van der Waals surface area (Å²) in [6.45, 7) is 0. The van der Waals surface area contributed by atoms with Crippen LogP contribution < -0.4 is 0 Å². The van der Waals surface area contributed by atoms with Gasteiger partial charge in [-0.25, -0.2) is 4.39 Å². The Balaban J connectivity index is 2.06. The van der Waals surface area contributed by atoms with Gasteiger partial charge in [0, 0.05) is 15.2 Å². The van der Waals surface area contributed by atoms with Gasteiger partial charge in [0.05, 0.1) is 4.88 Å². The van der Waals surface area contributed by atoms with E-state index in [9.17, 15) is 9.18 Å². The molecule has 0 bridgehead atoms. The van der Waals surface area contributed by atoms with Gasteiger partial charge in [0.15, 0.2) is 5.76 Å². The Kier molecular flexibility index (Phi) is 2.80. The van der Waals surface area contributed by atoms with E-state index in [0.29, 0.717) is 15.8 Å². The number of furan rings is 1. The first-order chi connectivity index (χ1) is 8.63. The molecular weight excluding hydrogens is 319 g/mol. The highest BCUT2D eigenvalue weighted by atomic mass is 79.9. The Labute approximate surface area is 114 Å². The molecule has 0 N–H and O–H groups in total. The number of hydrogen-bond acceptors (Lipinski definition) is 3. The molecule has 0 aliphatic rings. The molecule has 5 heteroatoms. The van der Waals surface area contributed by atoms with Crippen LogP contribution in [0.15, 0.2) is 44.6 Å². The maximum Gasteiger partial charge on any atom is 0.238 e. The molecule has 18 heavy (non-hydrogen) atoms. The summed E-state index contributed by atoms with van der Waals surface area (Å²) in [5.74, 6) is -0.312. The highest BCUT2D eigenvalue weighted by Crippen LogP contribution is 2.26. The lowest BCUT2D eigenvalue weighted by molar-refractivity contribution is 0.101. The number of fused-ring (bicyclic) bond motifs is 1. The second-order valence-electron chi connectivity index (χ2n) is 3.75. The summed E-state index contributed by atoms with van der Waals surface area (Å²) in [5, 5.41) is 2.42. The third-order valence-corrected chi connectivity index (χ3v) is 4.18. The van der Waals surface area contributed by atoms with Crippen molar-refractivity contribution in [2.24, 2.45) is 0 Å². The van der Waals surface area contributed by atoms with Crippen LogP contribution in [0, 0.1) is 5.82 Å². The van der Waals surface area contributed by atoms with Crippen molar-refractivity contribution in [3.63, 3.8) is 0 Å². The largest absolute Gasteiger partial charge is 0.453 e. The summed E-state index contributed by atoms with van der Waals surface area (Å²) in [4.78, 5) is 12.7. The third kappa shape index (κ3) is 2.00. The van der Waals surface area contributed by atoms with Crippen LogP contribution in [0.5, 0.6) is 0 Å². The van der Waals surface area contributed by atoms with E-state index in [1.165, 1.54) is 29.5 Å². The Morgan fingerprint density at radius 1 is 1.28 bits per heavy atom. The predicted octanol–water partition coefficient (Wildman–Crippen LogP) is 4.63. The standard InChI is InChI=1S/C13H6BrFO2S/c14-8-5-12(18-6-8)13(16)11-4-7-3-9(15)1-2-10(7)17-11/h1-6H. The van der Waals surface area contributed by atoms with Crippen molar-refractivity contribution < 1.29 is 13.6 Å². The zero-order chi connectivity index (χ0) is 12.7. The van der Waals surface area contributed by atoms with Crippen LogP contribution in [0.2, 0.25) is 0 Å². The molecule has 0 unspecified atom stereocenters. The van der Waals surface area contributed by atoms with Crippen LogP contribution in [0.4, 0.5) is 4.39 Å². The average Bonchev–Trinajstić information content (AvgIpc) is 2.93. The Morgan fingerprint density at radius 3 is 2.83 bits per heavy atom. The fraction of sp³-hybridized carbons (Fsp3) is 0. The number of rotatable bonds is 2. The third-order valence-electron chi connectivity index (χ3n) is 2.49. The first-order valence-electron chi connectivity index (χ1n) is 5.11. The van der Waals surface area contributed by atoms with Gasteiger partial charge in [-0.05, 0) is 46.3 Å². The van der Waals surface area contributed by atoms with Gasteiger partial charge < -0.3 is 4.42 Å². The minimum atomic E-state index is -0.346. The lowest BCUT2D eigenvalue weighted by Crippen LogP contribution is -1.95. The van der Waals surface area contributed by atoms with Crippen molar-refractivity contribution in [2.75, 3.05) is 0 Å². The molecule has 0 spiro atoms. The Bertz CT molecular complexity index is 744. The second kappa shape index (κ2) is 4.33. The number of carbonyl (C=O) groups is 1. The summed E-state index contributed by atoms with van der Waals surface area (Å²) >= 11 is 4.63. The molecule has 2 aromatic heterocycles. The van der Waals surface area contributed by atoms with Crippen molar-refractivity contribution in [3.05, 3.63) is 56.6 Å². The summed E-state index contributed by atoms with van der Waals surface area (Å²) < 4.78 is 19.3. The molecule has 3 rings (SSSR count). The molecule has 2 nitrogen and oxygen atoms in total. The summed E-state index contributed by atoms with van der Waals surface area (Å²) in [6.07, 6.45) is 0. The molecule has 90 valence electrons. The average molecular weight is 325 g/mol. The monoisotopic (exact) mass is 324 g/mol. The Morgan fingerprint density at radius 2 is 2.11 bits per heavy atom. The molecule has 1 aromatic carbocycles. The van der Waals surface area contributed by atoms with Crippen molar-refractivity contribution in [1.29, 1.82) is 0 Å². The van der Waals surface area contributed by atoms with E-state index < -0.39 is 0 Å². The maximum atomic E-state index is 13.0. The van der Waals surface area contributed by atoms with E-state index >= 15 is 0 Å². The summed E-state index contributed by atoms with van der Waals surface area (Å²) in [5.41, 5.74) is 0.510. The summed E-state index contributed by atoms with van der Waals surface area (Å²) in [7, 11) is 0. The lowest BCUT2D eigenvalue weighted by Gasteiger charge is -1.90. The van der Waals surface area contributed by atoms with Crippen LogP contribution in [0.1, 0.15) is 15.4 Å². The van der Waals surface area contributed by atoms with Crippen LogP contribution in [-0.4, -0.2) is 5.78 Å². The fourth-order valence-electron chi connectivity index (χ4n) is 1.68. The van der Waals surface area contributed by atoms with Gasteiger partial charge in [-0.1, -0.05) is 0 Å². The van der Waals surface area contributed by atoms with Crippen LogP contribution in [-0.2, 0) is 0 Å². The molecule has 0 saturated carbocycles. The van der Waals surface area contributed by atoms with Crippen molar-refractivity contribution in [1.82, 2.24) is 0 Å². The highest BCUT2D eigenvalue weighted by Gasteiger charge is 2.16. The molecule has 0 atom stereocenters. The van der Waals surface area contributed by atoms with Crippen LogP contribution in [0.25, 0.3) is 11.0 Å². The van der Waals surface area contributed by atoms with Crippen LogP contribution >= 0.6 is 27.3 Å². The normalized spacial score (nSPS) is 11.0. The molecule has 0 aliphatic carbocycles. The number of halogens is 2. The Hall–Kier alpha value is -1.46. The quantitative estimate of drug-likeness (QED) is 0.643. The maximum absolute atomic E-state index is 13.0. The van der Waals surface area contributed by atoms with Gasteiger partial charge in [-0.3, -0.25) is 4.79 Å². The van der Waals surface area contributed by atoms with Gasteiger partial charge >= 0.3 is 0 Å². The number of ketones is 1. The minimum absolute atomic E-state index is 0.192. The van der Waals surface area contributed by atoms with Crippen molar-refractivity contribution >= 4 is 44.0 Å². The fourth-order valence-corrected chi connectivity index (χ4v) is 3.05. The summed E-state index contributed by atoms with van der Waals surface area (Å²) in [6, 6.07) is 7.47. The van der Waals surface area contributed by atoms with Gasteiger partial charge in [0.25, 0.3) is 0 Å². The van der Waals surface area contributed by atoms with E-state index in [0.717, 1.165) is 4.47 Å². The second-order valence-corrected chi connectivity index (χ2v) is 5.58. The molecule has 2 heterocycles. The lowest BCUT2D eigenvalue weighted by atomic mass is 10.2. The van der Waals surface area contributed by atoms with Crippen molar-refractivity contribution in [2.45, 2.75) is 0 Å². The van der Waals surface area contributed by atoms with Gasteiger partial charge in [-0.2, -0.15) is 0 Å². The highest BCUT2D eigenvalue weighted by molar-refractivity contribution is 9.10. The molecular formula is C13H6BrFO2S. The minimum Gasteiger partial charge on any atom is -0.453 e. The van der Waals surface area contributed by atoms with E-state index in [-0.39, 0.29) is 17.4 Å². The van der Waals surface area contributed by atoms with Crippen LogP contribution in [0.3, 0.4) is 0 Å². The number of hydrogen-bond donors (Lipinski definition) is 0. The van der Waals surface area contributed by atoms with E-state index in [1.54, 1.807) is 12.1 Å². The van der Waals surface area contributed by atoms with E-state index in [1.807, 2.05) is 5.38 Å². The predicted molar refractivity (Wildman–Crippen MR) is 71.6 cm³/mol. The van der Waals surface area contributed by atoms with Gasteiger partial charge in [-0.15, -0.1) is 11.3 Å². The molecule has 0 saturated heterocycles. The topological polar surface area (TPSA) is 30.2 Å². The van der Waals surface area contributed by atoms with Crippen molar-refractivity contribution in [3.8, 4) is 0 Å².